The number of aromatic nitrogens is 1. The predicted octanol–water partition coefficient (Wildman–Crippen LogP) is 2.48. The van der Waals surface area contributed by atoms with E-state index in [1.165, 1.54) is 18.2 Å². The molecule has 2 aromatic carbocycles. The molecule has 0 bridgehead atoms. The molecule has 0 aliphatic carbocycles. The lowest BCUT2D eigenvalue weighted by molar-refractivity contribution is -0.385. The fourth-order valence-electron chi connectivity index (χ4n) is 3.89. The summed E-state index contributed by atoms with van der Waals surface area (Å²) in [6.07, 6.45) is 3.04. The Kier molecular flexibility index (Phi) is 5.83. The van der Waals surface area contributed by atoms with Gasteiger partial charge in [0.2, 0.25) is 0 Å². The Morgan fingerprint density at radius 2 is 1.64 bits per heavy atom. The lowest BCUT2D eigenvalue weighted by Gasteiger charge is -2.05. The number of hydrogen-bond acceptors (Lipinski definition) is 7. The Morgan fingerprint density at radius 1 is 1.00 bits per heavy atom. The Balaban J connectivity index is 1.84. The summed E-state index contributed by atoms with van der Waals surface area (Å²) >= 11 is 0. The van der Waals surface area contributed by atoms with Gasteiger partial charge in [0.15, 0.2) is 0 Å². The molecule has 0 spiro atoms. The van der Waals surface area contributed by atoms with E-state index in [-0.39, 0.29) is 29.0 Å². The van der Waals surface area contributed by atoms with Gasteiger partial charge in [-0.3, -0.25) is 29.2 Å². The highest BCUT2D eigenvalue weighted by atomic mass is 32.2. The minimum Gasteiger partial charge on any atom is -0.347 e. The van der Waals surface area contributed by atoms with Crippen LogP contribution in [0.4, 0.5) is 5.69 Å². The quantitative estimate of drug-likeness (QED) is 0.176. The Hall–Kier alpha value is -3.83. The maximum atomic E-state index is 12.8. The monoisotopic (exact) mass is 469 g/mol. The first-order valence-electron chi connectivity index (χ1n) is 9.94. The van der Waals surface area contributed by atoms with E-state index in [9.17, 15) is 28.1 Å². The minimum atomic E-state index is -3.55. The van der Waals surface area contributed by atoms with Gasteiger partial charge >= 0.3 is 0 Å². The molecule has 1 aromatic heterocycles. The molecule has 2 amide bonds. The number of para-hydroxylation sites is 2. The zero-order valence-electron chi connectivity index (χ0n) is 17.5. The normalized spacial score (nSPS) is 14.2. The summed E-state index contributed by atoms with van der Waals surface area (Å²) in [6.45, 7) is 0.378. The molecule has 10 nitrogen and oxygen atoms in total. The first kappa shape index (κ1) is 22.4. The molecule has 0 saturated carbocycles. The van der Waals surface area contributed by atoms with Crippen molar-refractivity contribution < 1.29 is 27.1 Å². The van der Waals surface area contributed by atoms with Crippen LogP contribution in [0.25, 0.3) is 22.0 Å². The summed E-state index contributed by atoms with van der Waals surface area (Å²) in [5.74, 6) is -1.35. The van der Waals surface area contributed by atoms with Gasteiger partial charge in [0, 0.05) is 35.3 Å². The SMILES string of the molecule is CS(=O)(=O)OCCCn1cc(C2=C(c3ccccc3[N+](=O)[O-])C(=O)NC2=O)c2ccccc21. The molecule has 1 aliphatic rings. The number of rotatable bonds is 8. The average Bonchev–Trinajstić information content (AvgIpc) is 3.26. The highest BCUT2D eigenvalue weighted by Crippen LogP contribution is 2.38. The van der Waals surface area contributed by atoms with Crippen molar-refractivity contribution >= 4 is 49.7 Å². The first-order valence-corrected chi connectivity index (χ1v) is 11.8. The van der Waals surface area contributed by atoms with Crippen molar-refractivity contribution in [1.82, 2.24) is 9.88 Å². The van der Waals surface area contributed by atoms with Crippen molar-refractivity contribution in [2.75, 3.05) is 12.9 Å². The molecule has 2 heterocycles. The van der Waals surface area contributed by atoms with Crippen LogP contribution in [0.1, 0.15) is 17.5 Å². The predicted molar refractivity (Wildman–Crippen MR) is 120 cm³/mol. The Labute approximate surface area is 188 Å². The van der Waals surface area contributed by atoms with Gasteiger partial charge in [0.25, 0.3) is 27.6 Å². The molecule has 0 saturated heterocycles. The molecule has 33 heavy (non-hydrogen) atoms. The smallest absolute Gasteiger partial charge is 0.277 e. The molecule has 1 N–H and O–H groups in total. The van der Waals surface area contributed by atoms with Crippen LogP contribution in [0.5, 0.6) is 0 Å². The van der Waals surface area contributed by atoms with Crippen molar-refractivity contribution in [1.29, 1.82) is 0 Å². The van der Waals surface area contributed by atoms with E-state index in [1.807, 2.05) is 16.7 Å². The number of nitro benzene ring substituents is 1. The average molecular weight is 469 g/mol. The molecule has 170 valence electrons. The number of carbonyl (C=O) groups is 2. The zero-order chi connectivity index (χ0) is 23.8. The summed E-state index contributed by atoms with van der Waals surface area (Å²) < 4.78 is 29.0. The summed E-state index contributed by atoms with van der Waals surface area (Å²) in [7, 11) is -3.55. The number of nitro groups is 1. The lowest BCUT2D eigenvalue weighted by atomic mass is 9.95. The van der Waals surface area contributed by atoms with Crippen LogP contribution in [0.15, 0.2) is 54.7 Å². The van der Waals surface area contributed by atoms with Gasteiger partial charge in [-0.15, -0.1) is 0 Å². The third kappa shape index (κ3) is 4.41. The fraction of sp³-hybridized carbons (Fsp3) is 0.182. The van der Waals surface area contributed by atoms with E-state index in [2.05, 4.69) is 5.32 Å². The number of nitrogens with zero attached hydrogens (tertiary/aromatic N) is 2. The summed E-state index contributed by atoms with van der Waals surface area (Å²) in [6, 6.07) is 13.0. The molecule has 3 aromatic rings. The van der Waals surface area contributed by atoms with Crippen LogP contribution in [0, 0.1) is 10.1 Å². The van der Waals surface area contributed by atoms with Crippen LogP contribution in [-0.4, -0.2) is 42.6 Å². The Morgan fingerprint density at radius 3 is 2.33 bits per heavy atom. The van der Waals surface area contributed by atoms with Gasteiger partial charge in [-0.05, 0) is 18.6 Å². The van der Waals surface area contributed by atoms with Crippen LogP contribution in [0.3, 0.4) is 0 Å². The van der Waals surface area contributed by atoms with Crippen molar-refractivity contribution in [3.05, 3.63) is 76.0 Å². The molecule has 0 radical (unpaired) electrons. The molecule has 4 rings (SSSR count). The second kappa shape index (κ2) is 8.60. The van der Waals surface area contributed by atoms with E-state index in [1.54, 1.807) is 24.4 Å². The highest BCUT2D eigenvalue weighted by Gasteiger charge is 2.36. The Bertz CT molecular complexity index is 1440. The maximum Gasteiger partial charge on any atom is 0.277 e. The number of hydrogen-bond donors (Lipinski definition) is 1. The van der Waals surface area contributed by atoms with E-state index in [0.29, 0.717) is 23.9 Å². The fourth-order valence-corrected chi connectivity index (χ4v) is 4.31. The van der Waals surface area contributed by atoms with Crippen LogP contribution < -0.4 is 5.32 Å². The number of fused-ring (bicyclic) bond motifs is 1. The molecular formula is C22H19N3O7S. The third-order valence-corrected chi connectivity index (χ3v) is 5.79. The van der Waals surface area contributed by atoms with Gasteiger partial charge in [-0.2, -0.15) is 8.42 Å². The van der Waals surface area contributed by atoms with Gasteiger partial charge in [0.1, 0.15) is 0 Å². The number of benzene rings is 2. The van der Waals surface area contributed by atoms with E-state index in [0.717, 1.165) is 11.8 Å². The molecule has 0 fully saturated rings. The third-order valence-electron chi connectivity index (χ3n) is 5.20. The second-order valence-electron chi connectivity index (χ2n) is 7.44. The van der Waals surface area contributed by atoms with Crippen molar-refractivity contribution in [3.63, 3.8) is 0 Å². The number of imide groups is 1. The van der Waals surface area contributed by atoms with Crippen molar-refractivity contribution in [2.24, 2.45) is 0 Å². The van der Waals surface area contributed by atoms with E-state index < -0.39 is 26.9 Å². The number of aryl methyl sites for hydroxylation is 1. The number of nitrogens with one attached hydrogen (secondary N) is 1. The second-order valence-corrected chi connectivity index (χ2v) is 9.08. The molecule has 11 heteroatoms. The molecule has 1 aliphatic heterocycles. The van der Waals surface area contributed by atoms with Crippen LogP contribution >= 0.6 is 0 Å². The van der Waals surface area contributed by atoms with Gasteiger partial charge in [-0.25, -0.2) is 0 Å². The number of carbonyl (C=O) groups excluding carboxylic acids is 2. The minimum absolute atomic E-state index is 0.0101. The lowest BCUT2D eigenvalue weighted by Crippen LogP contribution is -2.22. The highest BCUT2D eigenvalue weighted by molar-refractivity contribution is 7.85. The molecular weight excluding hydrogens is 450 g/mol. The summed E-state index contributed by atoms with van der Waals surface area (Å²) in [5, 5.41) is 14.5. The first-order chi connectivity index (χ1) is 15.7. The molecule has 0 atom stereocenters. The van der Waals surface area contributed by atoms with Crippen molar-refractivity contribution in [2.45, 2.75) is 13.0 Å². The van der Waals surface area contributed by atoms with E-state index in [4.69, 9.17) is 4.18 Å². The molecule has 0 unspecified atom stereocenters. The van der Waals surface area contributed by atoms with Gasteiger partial charge in [-0.1, -0.05) is 30.3 Å². The van der Waals surface area contributed by atoms with Crippen LogP contribution in [0.2, 0.25) is 0 Å². The number of amides is 2. The maximum absolute atomic E-state index is 12.8. The summed E-state index contributed by atoms with van der Waals surface area (Å²) in [5.41, 5.74) is 0.975. The standard InChI is InChI=1S/C22H19N3O7S/c1-33(30,31)32-12-6-11-24-13-16(14-7-2-4-9-17(14)24)20-19(21(26)23-22(20)27)15-8-3-5-10-18(15)25(28)29/h2-5,7-10,13H,6,11-12H2,1H3,(H,23,26,27). The van der Waals surface area contributed by atoms with Gasteiger partial charge in [0.05, 0.1) is 34.5 Å². The van der Waals surface area contributed by atoms with Crippen LogP contribution in [-0.2, 0) is 30.4 Å². The largest absolute Gasteiger partial charge is 0.347 e. The topological polar surface area (TPSA) is 138 Å². The summed E-state index contributed by atoms with van der Waals surface area (Å²) in [4.78, 5) is 36.5. The zero-order valence-corrected chi connectivity index (χ0v) is 18.3. The van der Waals surface area contributed by atoms with Gasteiger partial charge < -0.3 is 4.57 Å². The van der Waals surface area contributed by atoms with Crippen molar-refractivity contribution in [3.8, 4) is 0 Å². The van der Waals surface area contributed by atoms with E-state index >= 15 is 0 Å².